The van der Waals surface area contributed by atoms with Gasteiger partial charge in [0.1, 0.15) is 12.4 Å². The van der Waals surface area contributed by atoms with Gasteiger partial charge in [-0.25, -0.2) is 0 Å². The fourth-order valence-corrected chi connectivity index (χ4v) is 2.78. The maximum atomic E-state index is 6.03. The van der Waals surface area contributed by atoms with Crippen LogP contribution in [0.2, 0.25) is 0 Å². The van der Waals surface area contributed by atoms with Crippen LogP contribution in [0.25, 0.3) is 5.57 Å². The van der Waals surface area contributed by atoms with E-state index < -0.39 is 0 Å². The van der Waals surface area contributed by atoms with Gasteiger partial charge in [0.05, 0.1) is 0 Å². The van der Waals surface area contributed by atoms with Gasteiger partial charge in [-0.05, 0) is 57.1 Å². The Balaban J connectivity index is 2.10. The molecule has 2 aromatic rings. The molecule has 1 heterocycles. The van der Waals surface area contributed by atoms with Gasteiger partial charge in [0, 0.05) is 11.1 Å². The van der Waals surface area contributed by atoms with E-state index in [4.69, 9.17) is 4.74 Å². The zero-order valence-corrected chi connectivity index (χ0v) is 14.5. The first-order chi connectivity index (χ1) is 11.0. The Morgan fingerprint density at radius 2 is 1.65 bits per heavy atom. The molecule has 1 aliphatic rings. The van der Waals surface area contributed by atoms with Gasteiger partial charge >= 0.3 is 0 Å². The van der Waals surface area contributed by atoms with Gasteiger partial charge < -0.3 is 9.64 Å². The molecule has 0 bridgehead atoms. The zero-order valence-electron chi connectivity index (χ0n) is 14.5. The molecule has 0 amide bonds. The van der Waals surface area contributed by atoms with Crippen LogP contribution in [0.5, 0.6) is 5.75 Å². The number of benzene rings is 2. The molecule has 0 aliphatic carbocycles. The molecule has 1 aliphatic heterocycles. The Morgan fingerprint density at radius 1 is 1.00 bits per heavy atom. The number of para-hydroxylation sites is 1. The molecule has 0 saturated heterocycles. The van der Waals surface area contributed by atoms with Crippen molar-refractivity contribution in [3.05, 3.63) is 71.3 Å². The van der Waals surface area contributed by atoms with Gasteiger partial charge in [-0.2, -0.15) is 0 Å². The van der Waals surface area contributed by atoms with Gasteiger partial charge in [-0.1, -0.05) is 48.5 Å². The molecule has 0 unspecified atom stereocenters. The predicted octanol–water partition coefficient (Wildman–Crippen LogP) is 4.74. The molecule has 0 radical (unpaired) electrons. The third-order valence-corrected chi connectivity index (χ3v) is 4.88. The second kappa shape index (κ2) is 6.21. The summed E-state index contributed by atoms with van der Waals surface area (Å²) < 4.78 is 6.03. The first kappa shape index (κ1) is 15.8. The molecule has 2 aromatic carbocycles. The summed E-state index contributed by atoms with van der Waals surface area (Å²) in [6.45, 7) is 5.17. The topological polar surface area (TPSA) is 12.5 Å². The number of nitrogens with zero attached hydrogens (tertiary/aromatic N) is 1. The summed E-state index contributed by atoms with van der Waals surface area (Å²) in [4.78, 5) is 2.27. The number of ether oxygens (including phenoxy) is 1. The first-order valence-electron chi connectivity index (χ1n) is 8.17. The van der Waals surface area contributed by atoms with E-state index in [-0.39, 0.29) is 5.54 Å². The molecule has 2 heteroatoms. The lowest BCUT2D eigenvalue weighted by Gasteiger charge is -2.31. The Kier molecular flexibility index (Phi) is 4.27. The van der Waals surface area contributed by atoms with Crippen LogP contribution in [0.3, 0.4) is 0 Å². The monoisotopic (exact) mass is 307 g/mol. The second-order valence-corrected chi connectivity index (χ2v) is 6.97. The van der Waals surface area contributed by atoms with Gasteiger partial charge in [0.2, 0.25) is 0 Å². The summed E-state index contributed by atoms with van der Waals surface area (Å²) in [5.74, 6) is 0.970. The van der Waals surface area contributed by atoms with Gasteiger partial charge in [-0.3, -0.25) is 0 Å². The molecule has 0 fully saturated rings. The Morgan fingerprint density at radius 3 is 2.39 bits per heavy atom. The van der Waals surface area contributed by atoms with Gasteiger partial charge in [-0.15, -0.1) is 0 Å². The van der Waals surface area contributed by atoms with Crippen molar-refractivity contribution in [2.24, 2.45) is 0 Å². The van der Waals surface area contributed by atoms with Crippen LogP contribution in [0, 0.1) is 0 Å². The highest BCUT2D eigenvalue weighted by molar-refractivity contribution is 5.84. The lowest BCUT2D eigenvalue weighted by atomic mass is 9.90. The minimum Gasteiger partial charge on any atom is -0.488 e. The van der Waals surface area contributed by atoms with Crippen molar-refractivity contribution in [3.63, 3.8) is 0 Å². The molecule has 120 valence electrons. The molecular weight excluding hydrogens is 282 g/mol. The van der Waals surface area contributed by atoms with Crippen molar-refractivity contribution < 1.29 is 4.74 Å². The zero-order chi connectivity index (χ0) is 16.4. The molecule has 0 N–H and O–H groups in total. The minimum absolute atomic E-state index is 0.115. The molecular formula is C21H25NO. The third kappa shape index (κ3) is 3.18. The average Bonchev–Trinajstić information content (AvgIpc) is 2.70. The van der Waals surface area contributed by atoms with Crippen molar-refractivity contribution in [1.82, 2.24) is 4.90 Å². The first-order valence-corrected chi connectivity index (χ1v) is 8.17. The van der Waals surface area contributed by atoms with Crippen molar-refractivity contribution >= 4 is 5.57 Å². The van der Waals surface area contributed by atoms with E-state index in [1.807, 2.05) is 6.07 Å². The summed E-state index contributed by atoms with van der Waals surface area (Å²) in [6, 6.07) is 16.9. The van der Waals surface area contributed by atoms with Crippen molar-refractivity contribution in [2.75, 3.05) is 14.1 Å². The van der Waals surface area contributed by atoms with E-state index in [2.05, 4.69) is 81.4 Å². The molecule has 0 saturated carbocycles. The quantitative estimate of drug-likeness (QED) is 0.812. The molecule has 3 rings (SSSR count). The fourth-order valence-electron chi connectivity index (χ4n) is 2.78. The third-order valence-electron chi connectivity index (χ3n) is 4.88. The summed E-state index contributed by atoms with van der Waals surface area (Å²) in [6.07, 6.45) is 3.35. The van der Waals surface area contributed by atoms with E-state index in [0.717, 1.165) is 12.2 Å². The van der Waals surface area contributed by atoms with Crippen molar-refractivity contribution in [2.45, 2.75) is 32.4 Å². The lowest BCUT2D eigenvalue weighted by Crippen LogP contribution is -2.37. The molecule has 0 aromatic heterocycles. The van der Waals surface area contributed by atoms with E-state index in [0.29, 0.717) is 6.61 Å². The van der Waals surface area contributed by atoms with E-state index in [1.165, 1.54) is 22.3 Å². The standard InChI is InChI=1S/C21H25NO/c1-21(2,22(3)4)14-13-18-17-10-6-5-9-16(17)15-23-20-12-8-7-11-19(18)20/h5-13H,14-15H2,1-4H3/b18-13+. The molecule has 0 atom stereocenters. The minimum atomic E-state index is 0.115. The highest BCUT2D eigenvalue weighted by Crippen LogP contribution is 2.37. The van der Waals surface area contributed by atoms with Crippen LogP contribution in [-0.2, 0) is 6.61 Å². The normalized spacial score (nSPS) is 15.8. The Bertz CT molecular complexity index is 679. The van der Waals surface area contributed by atoms with Crippen molar-refractivity contribution in [3.8, 4) is 5.75 Å². The van der Waals surface area contributed by atoms with Crippen LogP contribution >= 0.6 is 0 Å². The van der Waals surface area contributed by atoms with E-state index >= 15 is 0 Å². The molecule has 23 heavy (non-hydrogen) atoms. The van der Waals surface area contributed by atoms with Gasteiger partial charge in [0.15, 0.2) is 0 Å². The van der Waals surface area contributed by atoms with Crippen LogP contribution in [0.15, 0.2) is 54.6 Å². The SMILES string of the molecule is CN(C)C(C)(C)C/C=C1\c2ccccc2COc2ccccc21. The maximum absolute atomic E-state index is 6.03. The summed E-state index contributed by atoms with van der Waals surface area (Å²) >= 11 is 0. The average molecular weight is 307 g/mol. The Labute approximate surface area is 139 Å². The molecule has 0 spiro atoms. The Hall–Kier alpha value is -2.06. The number of fused-ring (bicyclic) bond motifs is 2. The smallest absolute Gasteiger partial charge is 0.127 e. The van der Waals surface area contributed by atoms with E-state index in [9.17, 15) is 0 Å². The largest absolute Gasteiger partial charge is 0.488 e. The molecule has 2 nitrogen and oxygen atoms in total. The van der Waals surface area contributed by atoms with E-state index in [1.54, 1.807) is 0 Å². The highest BCUT2D eigenvalue weighted by atomic mass is 16.5. The summed E-state index contributed by atoms with van der Waals surface area (Å²) in [7, 11) is 4.27. The fraction of sp³-hybridized carbons (Fsp3) is 0.333. The summed E-state index contributed by atoms with van der Waals surface area (Å²) in [5.41, 5.74) is 5.12. The number of hydrogen-bond donors (Lipinski definition) is 0. The lowest BCUT2D eigenvalue weighted by molar-refractivity contribution is 0.198. The van der Waals surface area contributed by atoms with Crippen LogP contribution in [0.4, 0.5) is 0 Å². The predicted molar refractivity (Wildman–Crippen MR) is 96.7 cm³/mol. The number of hydrogen-bond acceptors (Lipinski definition) is 2. The van der Waals surface area contributed by atoms with Gasteiger partial charge in [0.25, 0.3) is 0 Å². The maximum Gasteiger partial charge on any atom is 0.127 e. The second-order valence-electron chi connectivity index (χ2n) is 6.97. The van der Waals surface area contributed by atoms with Crippen LogP contribution < -0.4 is 4.74 Å². The highest BCUT2D eigenvalue weighted by Gasteiger charge is 2.22. The number of rotatable bonds is 3. The van der Waals surface area contributed by atoms with Crippen molar-refractivity contribution in [1.29, 1.82) is 0 Å². The van der Waals surface area contributed by atoms with Crippen LogP contribution in [0.1, 0.15) is 37.0 Å². The van der Waals surface area contributed by atoms with Crippen LogP contribution in [-0.4, -0.2) is 24.5 Å². The summed E-state index contributed by atoms with van der Waals surface area (Å²) in [5, 5.41) is 0.